The number of rotatable bonds is 3. The fourth-order valence-corrected chi connectivity index (χ4v) is 3.25. The molecule has 1 aromatic carbocycles. The lowest BCUT2D eigenvalue weighted by molar-refractivity contribution is -0.140. The van der Waals surface area contributed by atoms with Crippen molar-refractivity contribution in [1.82, 2.24) is 5.32 Å². The summed E-state index contributed by atoms with van der Waals surface area (Å²) in [5.41, 5.74) is 1.89. The summed E-state index contributed by atoms with van der Waals surface area (Å²) >= 11 is 0. The van der Waals surface area contributed by atoms with Gasteiger partial charge in [0.1, 0.15) is 5.60 Å². The van der Waals surface area contributed by atoms with Crippen LogP contribution in [0.5, 0.6) is 0 Å². The van der Waals surface area contributed by atoms with Crippen molar-refractivity contribution in [2.45, 2.75) is 37.7 Å². The number of halogens is 1. The van der Waals surface area contributed by atoms with Crippen molar-refractivity contribution in [3.8, 4) is 0 Å². The Morgan fingerprint density at radius 2 is 2.00 bits per heavy atom. The second-order valence-corrected chi connectivity index (χ2v) is 6.18. The van der Waals surface area contributed by atoms with Crippen LogP contribution >= 0.6 is 12.4 Å². The molecule has 2 amide bonds. The van der Waals surface area contributed by atoms with E-state index >= 15 is 0 Å². The van der Waals surface area contributed by atoms with E-state index in [1.165, 1.54) is 0 Å². The molecule has 1 fully saturated rings. The average molecular weight is 354 g/mol. The molecule has 2 aliphatic rings. The van der Waals surface area contributed by atoms with Crippen molar-refractivity contribution in [3.05, 3.63) is 23.8 Å². The molecule has 3 N–H and O–H groups in total. The molecule has 0 unspecified atom stereocenters. The maximum atomic E-state index is 12.7. The zero-order valence-electron chi connectivity index (χ0n) is 13.8. The zero-order chi connectivity index (χ0) is 16.3. The number of anilines is 2. The van der Waals surface area contributed by atoms with E-state index in [2.05, 4.69) is 16.0 Å². The molecule has 132 valence electrons. The second-order valence-electron chi connectivity index (χ2n) is 6.18. The van der Waals surface area contributed by atoms with Crippen LogP contribution in [-0.2, 0) is 20.7 Å². The lowest BCUT2D eigenvalue weighted by Gasteiger charge is -2.34. The van der Waals surface area contributed by atoms with Gasteiger partial charge < -0.3 is 20.7 Å². The van der Waals surface area contributed by atoms with Gasteiger partial charge in [-0.15, -0.1) is 12.4 Å². The number of piperidine rings is 1. The minimum absolute atomic E-state index is 0. The predicted molar refractivity (Wildman–Crippen MR) is 95.7 cm³/mol. The van der Waals surface area contributed by atoms with Gasteiger partial charge in [0.2, 0.25) is 5.91 Å². The summed E-state index contributed by atoms with van der Waals surface area (Å²) in [7, 11) is 1.59. The van der Waals surface area contributed by atoms with Crippen LogP contribution in [0, 0.1) is 0 Å². The number of amides is 2. The van der Waals surface area contributed by atoms with E-state index in [-0.39, 0.29) is 24.2 Å². The summed E-state index contributed by atoms with van der Waals surface area (Å²) in [6, 6.07) is 5.63. The van der Waals surface area contributed by atoms with E-state index in [1.807, 2.05) is 18.2 Å². The van der Waals surface area contributed by atoms with E-state index in [0.717, 1.165) is 42.9 Å². The van der Waals surface area contributed by atoms with Crippen LogP contribution in [0.15, 0.2) is 18.2 Å². The standard InChI is InChI=1S/C17H23N3O3.ClH/c1-23-17(7-9-18-10-8-17)16(22)19-13-5-6-14-12(11-13)3-2-4-15(21)20-14;/h5-6,11,18H,2-4,7-10H2,1H3,(H,19,22)(H,20,21);1H. The smallest absolute Gasteiger partial charge is 0.256 e. The molecule has 0 saturated carbocycles. The first-order valence-electron chi connectivity index (χ1n) is 8.13. The first kappa shape index (κ1) is 18.7. The number of ether oxygens (including phenoxy) is 1. The number of aryl methyl sites for hydroxylation is 1. The predicted octanol–water partition coefficient (Wildman–Crippen LogP) is 2.09. The first-order valence-corrected chi connectivity index (χ1v) is 8.13. The first-order chi connectivity index (χ1) is 11.1. The number of nitrogens with one attached hydrogen (secondary N) is 3. The van der Waals surface area contributed by atoms with Crippen LogP contribution in [0.1, 0.15) is 31.2 Å². The van der Waals surface area contributed by atoms with E-state index in [0.29, 0.717) is 19.3 Å². The molecule has 24 heavy (non-hydrogen) atoms. The fraction of sp³-hybridized carbons (Fsp3) is 0.529. The van der Waals surface area contributed by atoms with E-state index in [9.17, 15) is 9.59 Å². The number of carbonyl (C=O) groups excluding carboxylic acids is 2. The van der Waals surface area contributed by atoms with Crippen molar-refractivity contribution in [2.75, 3.05) is 30.8 Å². The summed E-state index contributed by atoms with van der Waals surface area (Å²) in [6.07, 6.45) is 3.52. The molecular weight excluding hydrogens is 330 g/mol. The molecule has 6 nitrogen and oxygen atoms in total. The maximum absolute atomic E-state index is 12.7. The molecule has 1 aromatic rings. The number of hydrogen-bond donors (Lipinski definition) is 3. The number of carbonyl (C=O) groups is 2. The van der Waals surface area contributed by atoms with Crippen molar-refractivity contribution in [2.24, 2.45) is 0 Å². The summed E-state index contributed by atoms with van der Waals surface area (Å²) < 4.78 is 5.55. The summed E-state index contributed by atoms with van der Waals surface area (Å²) in [6.45, 7) is 1.55. The van der Waals surface area contributed by atoms with Gasteiger partial charge in [0.05, 0.1) is 0 Å². The Balaban J connectivity index is 0.00000208. The van der Waals surface area contributed by atoms with Gasteiger partial charge in [0, 0.05) is 24.9 Å². The van der Waals surface area contributed by atoms with Crippen LogP contribution in [-0.4, -0.2) is 37.6 Å². The fourth-order valence-electron chi connectivity index (χ4n) is 3.25. The number of methoxy groups -OCH3 is 1. The van der Waals surface area contributed by atoms with Gasteiger partial charge >= 0.3 is 0 Å². The minimum atomic E-state index is -0.758. The monoisotopic (exact) mass is 353 g/mol. The Morgan fingerprint density at radius 1 is 1.25 bits per heavy atom. The van der Waals surface area contributed by atoms with Crippen LogP contribution in [0.2, 0.25) is 0 Å². The molecule has 0 aromatic heterocycles. The molecule has 7 heteroatoms. The molecule has 0 aliphatic carbocycles. The minimum Gasteiger partial charge on any atom is -0.368 e. The van der Waals surface area contributed by atoms with Crippen LogP contribution in [0.4, 0.5) is 11.4 Å². The van der Waals surface area contributed by atoms with E-state index in [4.69, 9.17) is 4.74 Å². The average Bonchev–Trinajstić information content (AvgIpc) is 2.75. The number of benzene rings is 1. The Labute approximate surface area is 148 Å². The molecule has 0 spiro atoms. The largest absolute Gasteiger partial charge is 0.368 e. The Kier molecular flexibility index (Phi) is 6.21. The highest BCUT2D eigenvalue weighted by Crippen LogP contribution is 2.28. The molecule has 3 rings (SSSR count). The highest BCUT2D eigenvalue weighted by molar-refractivity contribution is 5.98. The third kappa shape index (κ3) is 3.88. The van der Waals surface area contributed by atoms with Crippen molar-refractivity contribution < 1.29 is 14.3 Å². The summed E-state index contributed by atoms with van der Waals surface area (Å²) in [4.78, 5) is 24.3. The zero-order valence-corrected chi connectivity index (χ0v) is 14.6. The molecule has 0 radical (unpaired) electrons. The lowest BCUT2D eigenvalue weighted by Crippen LogP contribution is -2.51. The molecular formula is C17H24ClN3O3. The van der Waals surface area contributed by atoms with E-state index < -0.39 is 5.60 Å². The van der Waals surface area contributed by atoms with Gasteiger partial charge in [-0.2, -0.15) is 0 Å². The molecule has 0 bridgehead atoms. The Morgan fingerprint density at radius 3 is 2.71 bits per heavy atom. The van der Waals surface area contributed by atoms with Crippen molar-refractivity contribution in [3.63, 3.8) is 0 Å². The van der Waals surface area contributed by atoms with Gasteiger partial charge in [0.15, 0.2) is 0 Å². The topological polar surface area (TPSA) is 79.5 Å². The highest BCUT2D eigenvalue weighted by atomic mass is 35.5. The second kappa shape index (κ2) is 7.96. The van der Waals surface area contributed by atoms with E-state index in [1.54, 1.807) is 7.11 Å². The molecule has 0 atom stereocenters. The van der Waals surface area contributed by atoms with Crippen LogP contribution in [0.3, 0.4) is 0 Å². The van der Waals surface area contributed by atoms with Gasteiger partial charge in [-0.1, -0.05) is 0 Å². The molecule has 2 aliphatic heterocycles. The third-order valence-corrected chi connectivity index (χ3v) is 4.70. The Bertz CT molecular complexity index is 615. The van der Waals surface area contributed by atoms with Crippen LogP contribution in [0.25, 0.3) is 0 Å². The van der Waals surface area contributed by atoms with Crippen molar-refractivity contribution >= 4 is 35.6 Å². The normalized spacial score (nSPS) is 19.3. The van der Waals surface area contributed by atoms with Gasteiger partial charge in [-0.3, -0.25) is 9.59 Å². The van der Waals surface area contributed by atoms with Crippen LogP contribution < -0.4 is 16.0 Å². The number of hydrogen-bond acceptors (Lipinski definition) is 4. The van der Waals surface area contributed by atoms with Gasteiger partial charge in [-0.25, -0.2) is 0 Å². The summed E-state index contributed by atoms with van der Waals surface area (Å²) in [5, 5.41) is 9.13. The maximum Gasteiger partial charge on any atom is 0.256 e. The quantitative estimate of drug-likeness (QED) is 0.777. The van der Waals surface area contributed by atoms with Gasteiger partial charge in [-0.05, 0) is 62.5 Å². The lowest BCUT2D eigenvalue weighted by atomic mass is 9.91. The molecule has 1 saturated heterocycles. The third-order valence-electron chi connectivity index (χ3n) is 4.70. The van der Waals surface area contributed by atoms with Gasteiger partial charge in [0.25, 0.3) is 5.91 Å². The molecule has 2 heterocycles. The SMILES string of the molecule is COC1(C(=O)Nc2ccc3c(c2)CCCC(=O)N3)CCNCC1.Cl. The Hall–Kier alpha value is -1.63. The number of fused-ring (bicyclic) bond motifs is 1. The highest BCUT2D eigenvalue weighted by Gasteiger charge is 2.39. The summed E-state index contributed by atoms with van der Waals surface area (Å²) in [5.74, 6) is -0.0484. The van der Waals surface area contributed by atoms with Crippen molar-refractivity contribution in [1.29, 1.82) is 0 Å².